The molecule has 0 saturated carbocycles. The molecule has 9 heteroatoms. The summed E-state index contributed by atoms with van der Waals surface area (Å²) in [5.41, 5.74) is 0. The largest absolute Gasteiger partial charge is 0.394 e. The molecule has 0 spiro atoms. The molecule has 0 radical (unpaired) electrons. The Bertz CT molecular complexity index is 847. The molecule has 1 fully saturated rings. The SMILES string of the molecule is CCCCCCCCCCCCCCCCCCCCCCCC(=O)N[C@@H](CO[C@H]1O[C@@H](CO)[C@H](O)C(O)C1O)[C@H](O)CCCCCCCCCCCCCC. The standard InChI is InChI=1S/C47H93NO8/c1-3-5-7-9-11-13-15-17-18-19-20-21-22-23-24-25-27-29-31-33-35-37-43(51)48-40(39-55-47-46(54)45(53)44(52)42(38-49)56-47)41(50)36-34-32-30-28-26-16-14-12-10-8-6-4-2/h40-42,44-47,49-50,52-54H,3-39H2,1-2H3,(H,48,51)/t40-,41+,42-,44-,45?,46?,47-/m0/s1. The number of rotatable bonds is 41. The summed E-state index contributed by atoms with van der Waals surface area (Å²) in [5.74, 6) is -0.140. The number of hydrogen-bond acceptors (Lipinski definition) is 8. The highest BCUT2D eigenvalue weighted by Crippen LogP contribution is 2.23. The van der Waals surface area contributed by atoms with Crippen LogP contribution in [0.15, 0.2) is 0 Å². The number of carbonyl (C=O) groups excluding carboxylic acids is 1. The summed E-state index contributed by atoms with van der Waals surface area (Å²) in [4.78, 5) is 13.0. The van der Waals surface area contributed by atoms with E-state index in [0.29, 0.717) is 12.8 Å². The summed E-state index contributed by atoms with van der Waals surface area (Å²) in [6.45, 7) is 3.85. The first-order valence-corrected chi connectivity index (χ1v) is 24.2. The summed E-state index contributed by atoms with van der Waals surface area (Å²) >= 11 is 0. The van der Waals surface area contributed by atoms with Crippen LogP contribution in [-0.2, 0) is 14.3 Å². The third kappa shape index (κ3) is 28.6. The van der Waals surface area contributed by atoms with E-state index in [9.17, 15) is 30.3 Å². The highest BCUT2D eigenvalue weighted by Gasteiger charge is 2.44. The summed E-state index contributed by atoms with van der Waals surface area (Å²) in [6.07, 6.45) is 35.4. The fourth-order valence-electron chi connectivity index (χ4n) is 8.04. The van der Waals surface area contributed by atoms with Crippen molar-refractivity contribution in [1.29, 1.82) is 0 Å². The molecule has 56 heavy (non-hydrogen) atoms. The number of amides is 1. The molecular formula is C47H93NO8. The predicted octanol–water partition coefficient (Wildman–Crippen LogP) is 10.3. The van der Waals surface area contributed by atoms with E-state index >= 15 is 0 Å². The van der Waals surface area contributed by atoms with Crippen LogP contribution in [0.1, 0.15) is 239 Å². The molecule has 1 aliphatic rings. The number of carbonyl (C=O) groups is 1. The average molecular weight is 800 g/mol. The van der Waals surface area contributed by atoms with E-state index < -0.39 is 49.5 Å². The van der Waals surface area contributed by atoms with Crippen molar-refractivity contribution in [3.8, 4) is 0 Å². The van der Waals surface area contributed by atoms with Gasteiger partial charge in [0.15, 0.2) is 6.29 Å². The minimum atomic E-state index is -1.55. The van der Waals surface area contributed by atoms with E-state index in [-0.39, 0.29) is 12.5 Å². The van der Waals surface area contributed by atoms with Gasteiger partial charge in [0.1, 0.15) is 24.4 Å². The fourth-order valence-corrected chi connectivity index (χ4v) is 8.04. The van der Waals surface area contributed by atoms with Crippen LogP contribution < -0.4 is 5.32 Å². The lowest BCUT2D eigenvalue weighted by Crippen LogP contribution is -2.60. The molecular weight excluding hydrogens is 707 g/mol. The Hall–Kier alpha value is -0.810. The third-order valence-corrected chi connectivity index (χ3v) is 12.0. The second kappa shape index (κ2) is 38.4. The molecule has 1 rings (SSSR count). The molecule has 1 aliphatic heterocycles. The summed E-state index contributed by atoms with van der Waals surface area (Å²) in [5, 5.41) is 54.3. The topological polar surface area (TPSA) is 149 Å². The van der Waals surface area contributed by atoms with Gasteiger partial charge in [-0.2, -0.15) is 0 Å². The monoisotopic (exact) mass is 800 g/mol. The van der Waals surface area contributed by atoms with E-state index in [2.05, 4.69) is 19.2 Å². The number of unbranched alkanes of at least 4 members (excludes halogenated alkanes) is 31. The van der Waals surface area contributed by atoms with Gasteiger partial charge in [-0.15, -0.1) is 0 Å². The van der Waals surface area contributed by atoms with Crippen LogP contribution in [0.2, 0.25) is 0 Å². The Balaban J connectivity index is 2.24. The van der Waals surface area contributed by atoms with Gasteiger partial charge in [0, 0.05) is 6.42 Å². The maximum absolute atomic E-state index is 13.0. The Morgan fingerprint density at radius 3 is 1.27 bits per heavy atom. The second-order valence-electron chi connectivity index (χ2n) is 17.3. The van der Waals surface area contributed by atoms with Crippen LogP contribution in [-0.4, -0.2) is 87.5 Å². The van der Waals surface area contributed by atoms with Gasteiger partial charge in [-0.1, -0.05) is 219 Å². The molecule has 1 saturated heterocycles. The zero-order chi connectivity index (χ0) is 40.9. The second-order valence-corrected chi connectivity index (χ2v) is 17.3. The summed E-state index contributed by atoms with van der Waals surface area (Å²) in [7, 11) is 0. The normalized spacial score (nSPS) is 21.0. The van der Waals surface area contributed by atoms with Gasteiger partial charge in [0.05, 0.1) is 25.4 Å². The number of ether oxygens (including phenoxy) is 2. The molecule has 0 aromatic heterocycles. The van der Waals surface area contributed by atoms with Gasteiger partial charge in [-0.25, -0.2) is 0 Å². The predicted molar refractivity (Wildman–Crippen MR) is 231 cm³/mol. The van der Waals surface area contributed by atoms with Crippen LogP contribution >= 0.6 is 0 Å². The van der Waals surface area contributed by atoms with E-state index in [1.165, 1.54) is 173 Å². The van der Waals surface area contributed by atoms with Crippen molar-refractivity contribution in [2.75, 3.05) is 13.2 Å². The molecule has 9 nitrogen and oxygen atoms in total. The third-order valence-electron chi connectivity index (χ3n) is 12.0. The molecule has 7 atom stereocenters. The highest BCUT2D eigenvalue weighted by atomic mass is 16.7. The molecule has 0 bridgehead atoms. The molecule has 6 N–H and O–H groups in total. The van der Waals surface area contributed by atoms with E-state index in [0.717, 1.165) is 38.5 Å². The lowest BCUT2D eigenvalue weighted by Gasteiger charge is -2.40. The number of aliphatic hydroxyl groups excluding tert-OH is 5. The van der Waals surface area contributed by atoms with E-state index in [4.69, 9.17) is 9.47 Å². The average Bonchev–Trinajstić information content (AvgIpc) is 3.20. The minimum absolute atomic E-state index is 0.132. The van der Waals surface area contributed by atoms with E-state index in [1.807, 2.05) is 0 Å². The lowest BCUT2D eigenvalue weighted by molar-refractivity contribution is -0.302. The Labute approximate surface area is 344 Å². The van der Waals surface area contributed by atoms with Gasteiger partial charge < -0.3 is 40.3 Å². The Morgan fingerprint density at radius 2 is 0.893 bits per heavy atom. The van der Waals surface area contributed by atoms with Crippen molar-refractivity contribution < 1.29 is 39.8 Å². The first-order chi connectivity index (χ1) is 27.3. The summed E-state index contributed by atoms with van der Waals surface area (Å²) < 4.78 is 11.3. The zero-order valence-electron chi connectivity index (χ0n) is 36.7. The van der Waals surface area contributed by atoms with Crippen molar-refractivity contribution in [2.24, 2.45) is 0 Å². The molecule has 1 heterocycles. The minimum Gasteiger partial charge on any atom is -0.394 e. The smallest absolute Gasteiger partial charge is 0.220 e. The summed E-state index contributed by atoms with van der Waals surface area (Å²) in [6, 6.07) is -0.711. The quantitative estimate of drug-likeness (QED) is 0.0335. The van der Waals surface area contributed by atoms with Gasteiger partial charge in [-0.3, -0.25) is 4.79 Å². The van der Waals surface area contributed by atoms with Gasteiger partial charge in [-0.05, 0) is 12.8 Å². The highest BCUT2D eigenvalue weighted by molar-refractivity contribution is 5.76. The zero-order valence-corrected chi connectivity index (χ0v) is 36.7. The maximum Gasteiger partial charge on any atom is 0.220 e. The molecule has 0 aliphatic carbocycles. The van der Waals surface area contributed by atoms with Crippen molar-refractivity contribution in [3.63, 3.8) is 0 Å². The molecule has 0 aromatic rings. The first-order valence-electron chi connectivity index (χ1n) is 24.2. The van der Waals surface area contributed by atoms with Crippen molar-refractivity contribution in [3.05, 3.63) is 0 Å². The van der Waals surface area contributed by atoms with Crippen LogP contribution in [0.5, 0.6) is 0 Å². The first kappa shape index (κ1) is 53.2. The molecule has 334 valence electrons. The van der Waals surface area contributed by atoms with Crippen molar-refractivity contribution >= 4 is 5.91 Å². The van der Waals surface area contributed by atoms with Gasteiger partial charge in [0.25, 0.3) is 0 Å². The van der Waals surface area contributed by atoms with Crippen LogP contribution in [0.3, 0.4) is 0 Å². The maximum atomic E-state index is 13.0. The Kier molecular flexibility index (Phi) is 36.5. The van der Waals surface area contributed by atoms with E-state index in [1.54, 1.807) is 0 Å². The molecule has 1 amide bonds. The van der Waals surface area contributed by atoms with Crippen molar-refractivity contribution in [2.45, 2.75) is 281 Å². The lowest BCUT2D eigenvalue weighted by atomic mass is 9.99. The molecule has 0 aromatic carbocycles. The van der Waals surface area contributed by atoms with Crippen LogP contribution in [0.4, 0.5) is 0 Å². The van der Waals surface area contributed by atoms with Crippen molar-refractivity contribution in [1.82, 2.24) is 5.32 Å². The fraction of sp³-hybridized carbons (Fsp3) is 0.979. The number of aliphatic hydroxyl groups is 5. The van der Waals surface area contributed by atoms with Crippen LogP contribution in [0, 0.1) is 0 Å². The Morgan fingerprint density at radius 1 is 0.536 bits per heavy atom. The molecule has 2 unspecified atom stereocenters. The number of hydrogen-bond donors (Lipinski definition) is 6. The van der Waals surface area contributed by atoms with Gasteiger partial charge >= 0.3 is 0 Å². The van der Waals surface area contributed by atoms with Crippen LogP contribution in [0.25, 0.3) is 0 Å². The van der Waals surface area contributed by atoms with Gasteiger partial charge in [0.2, 0.25) is 5.91 Å². The number of nitrogens with one attached hydrogen (secondary N) is 1.